The Bertz CT molecular complexity index is 1530. The van der Waals surface area contributed by atoms with Gasteiger partial charge in [0.25, 0.3) is 0 Å². The van der Waals surface area contributed by atoms with Crippen LogP contribution in [0.25, 0.3) is 5.65 Å². The summed E-state index contributed by atoms with van der Waals surface area (Å²) in [6.07, 6.45) is 2.96. The van der Waals surface area contributed by atoms with Crippen LogP contribution in [0.3, 0.4) is 0 Å². The van der Waals surface area contributed by atoms with Crippen molar-refractivity contribution in [3.8, 4) is 17.6 Å². The Morgan fingerprint density at radius 2 is 1.98 bits per heavy atom. The Kier molecular flexibility index (Phi) is 8.51. The van der Waals surface area contributed by atoms with Gasteiger partial charge in [-0.1, -0.05) is 5.92 Å². The lowest BCUT2D eigenvalue weighted by Crippen LogP contribution is -2.46. The molecule has 3 heterocycles. The van der Waals surface area contributed by atoms with Gasteiger partial charge in [0.15, 0.2) is 5.65 Å². The van der Waals surface area contributed by atoms with Gasteiger partial charge in [-0.2, -0.15) is 13.2 Å². The zero-order chi connectivity index (χ0) is 29.4. The monoisotopic (exact) mass is 609 g/mol. The molecule has 2 N–H and O–H groups in total. The summed E-state index contributed by atoms with van der Waals surface area (Å²) < 4.78 is 75.2. The minimum absolute atomic E-state index is 0.0220. The van der Waals surface area contributed by atoms with Crippen molar-refractivity contribution in [1.29, 1.82) is 0 Å². The number of likely N-dealkylation sites (tertiary alicyclic amines) is 1. The van der Waals surface area contributed by atoms with E-state index in [1.165, 1.54) is 10.6 Å². The van der Waals surface area contributed by atoms with Crippen LogP contribution in [0.4, 0.5) is 28.9 Å². The molecule has 7 nitrogen and oxygen atoms in total. The number of pyridine rings is 1. The summed E-state index contributed by atoms with van der Waals surface area (Å²) >= 11 is -0.284. The molecule has 1 aliphatic carbocycles. The van der Waals surface area contributed by atoms with Gasteiger partial charge in [0.2, 0.25) is 0 Å². The average molecular weight is 610 g/mol. The Morgan fingerprint density at radius 3 is 2.66 bits per heavy atom. The SMILES string of the molecule is CN1CC[C@@H](Nc2cccn3c(SC(F)(F)F)c(C#CCNc4ccc(P(C)(C)=O)cc4OC4CC4)nc23)[C@@H](F)C1. The zero-order valence-corrected chi connectivity index (χ0v) is 24.7. The molecule has 41 heavy (non-hydrogen) atoms. The first-order chi connectivity index (χ1) is 19.4. The summed E-state index contributed by atoms with van der Waals surface area (Å²) in [6.45, 7) is 4.49. The number of benzene rings is 1. The summed E-state index contributed by atoms with van der Waals surface area (Å²) in [7, 11) is -0.638. The fraction of sp³-hybridized carbons (Fsp3) is 0.464. The summed E-state index contributed by atoms with van der Waals surface area (Å²) in [5, 5.41) is 6.86. The predicted octanol–water partition coefficient (Wildman–Crippen LogP) is 5.65. The third kappa shape index (κ3) is 7.51. The molecule has 0 radical (unpaired) electrons. The van der Waals surface area contributed by atoms with Crippen LogP contribution in [0.5, 0.6) is 5.75 Å². The number of nitrogens with zero attached hydrogens (tertiary/aromatic N) is 3. The van der Waals surface area contributed by atoms with Crippen molar-refractivity contribution in [3.05, 3.63) is 42.2 Å². The van der Waals surface area contributed by atoms with Crippen molar-refractivity contribution < 1.29 is 26.9 Å². The Hall–Kier alpha value is -2.87. The van der Waals surface area contributed by atoms with Crippen molar-refractivity contribution in [1.82, 2.24) is 14.3 Å². The molecule has 1 aliphatic heterocycles. The lowest BCUT2D eigenvalue weighted by atomic mass is 10.0. The normalized spacial score (nSPS) is 20.0. The van der Waals surface area contributed by atoms with E-state index in [4.69, 9.17) is 4.74 Å². The number of imidazole rings is 1. The quantitative estimate of drug-likeness (QED) is 0.148. The molecular formula is C28H32F4N5O2PS. The van der Waals surface area contributed by atoms with Gasteiger partial charge in [0.1, 0.15) is 29.8 Å². The Balaban J connectivity index is 1.40. The second-order valence-corrected chi connectivity index (χ2v) is 15.0. The number of hydrogen-bond acceptors (Lipinski definition) is 7. The smallest absolute Gasteiger partial charge is 0.447 e. The van der Waals surface area contributed by atoms with Gasteiger partial charge >= 0.3 is 5.51 Å². The number of rotatable bonds is 8. The maximum atomic E-state index is 14.7. The van der Waals surface area contributed by atoms with E-state index in [0.29, 0.717) is 35.4 Å². The summed E-state index contributed by atoms with van der Waals surface area (Å²) in [5.41, 5.74) is -3.21. The lowest BCUT2D eigenvalue weighted by Gasteiger charge is -2.33. The van der Waals surface area contributed by atoms with E-state index in [2.05, 4.69) is 27.5 Å². The Morgan fingerprint density at radius 1 is 1.20 bits per heavy atom. The molecule has 0 spiro atoms. The maximum Gasteiger partial charge on any atom is 0.447 e. The number of ether oxygens (including phenoxy) is 1. The molecule has 1 aromatic carbocycles. The summed E-state index contributed by atoms with van der Waals surface area (Å²) in [5.74, 6) is 6.24. The molecule has 1 saturated carbocycles. The lowest BCUT2D eigenvalue weighted by molar-refractivity contribution is -0.0329. The fourth-order valence-corrected chi connectivity index (χ4v) is 6.11. The number of hydrogen-bond donors (Lipinski definition) is 2. The van der Waals surface area contributed by atoms with E-state index in [9.17, 15) is 22.1 Å². The number of aromatic nitrogens is 2. The van der Waals surface area contributed by atoms with Crippen LogP contribution in [0.15, 0.2) is 41.6 Å². The largest absolute Gasteiger partial charge is 0.488 e. The molecule has 5 rings (SSSR count). The molecule has 3 aromatic rings. The summed E-state index contributed by atoms with van der Waals surface area (Å²) in [4.78, 5) is 6.34. The number of thioether (sulfide) groups is 1. The van der Waals surface area contributed by atoms with Crippen LogP contribution in [0.1, 0.15) is 25.0 Å². The standard InChI is InChI=1S/C28H32F4N5O2PS/c1-36-15-12-21(20(29)17-36)34-23-7-5-14-37-26(23)35-24(27(37)41-28(30,31)32)6-4-13-33-22-11-10-19(40(2,3)38)16-25(22)39-18-8-9-18/h5,7,10-11,14,16,18,20-21,33-34H,8-9,12-13,15,17H2,1-3H3/t20-,21+/m0/s1. The van der Waals surface area contributed by atoms with Crippen LogP contribution in [-0.2, 0) is 4.57 Å². The molecule has 220 valence electrons. The van der Waals surface area contributed by atoms with E-state index in [-0.39, 0.29) is 47.3 Å². The van der Waals surface area contributed by atoms with Crippen LogP contribution in [-0.4, -0.2) is 78.1 Å². The highest BCUT2D eigenvalue weighted by atomic mass is 32.2. The van der Waals surface area contributed by atoms with Crippen LogP contribution in [0.2, 0.25) is 0 Å². The molecular weight excluding hydrogens is 577 g/mol. The van der Waals surface area contributed by atoms with Crippen LogP contribution < -0.4 is 20.7 Å². The first-order valence-corrected chi connectivity index (χ1v) is 16.7. The molecule has 0 unspecified atom stereocenters. The number of piperidine rings is 1. The van der Waals surface area contributed by atoms with E-state index >= 15 is 0 Å². The second-order valence-electron chi connectivity index (χ2n) is 10.8. The molecule has 2 atom stereocenters. The molecule has 13 heteroatoms. The van der Waals surface area contributed by atoms with E-state index in [1.54, 1.807) is 43.7 Å². The topological polar surface area (TPSA) is 70.9 Å². The number of nitrogens with one attached hydrogen (secondary N) is 2. The molecule has 2 aromatic heterocycles. The first kappa shape index (κ1) is 29.6. The van der Waals surface area contributed by atoms with Crippen LogP contribution >= 0.6 is 18.9 Å². The molecule has 0 amide bonds. The third-order valence-electron chi connectivity index (χ3n) is 6.88. The number of halogens is 4. The van der Waals surface area contributed by atoms with Gasteiger partial charge in [0.05, 0.1) is 30.1 Å². The zero-order valence-electron chi connectivity index (χ0n) is 23.0. The highest BCUT2D eigenvalue weighted by Crippen LogP contribution is 2.40. The van der Waals surface area contributed by atoms with E-state index < -0.39 is 24.9 Å². The predicted molar refractivity (Wildman–Crippen MR) is 156 cm³/mol. The number of anilines is 2. The highest BCUT2D eigenvalue weighted by molar-refractivity contribution is 8.00. The minimum Gasteiger partial charge on any atom is -0.488 e. The van der Waals surface area contributed by atoms with Gasteiger partial charge in [-0.05, 0) is 75.9 Å². The maximum absolute atomic E-state index is 14.7. The average Bonchev–Trinajstić information content (AvgIpc) is 3.64. The van der Waals surface area contributed by atoms with Crippen molar-refractivity contribution >= 4 is 41.2 Å². The third-order valence-corrected chi connectivity index (χ3v) is 9.22. The molecule has 2 fully saturated rings. The van der Waals surface area contributed by atoms with Gasteiger partial charge in [-0.15, -0.1) is 0 Å². The first-order valence-electron chi connectivity index (χ1n) is 13.3. The van der Waals surface area contributed by atoms with E-state index in [0.717, 1.165) is 12.8 Å². The van der Waals surface area contributed by atoms with E-state index in [1.807, 2.05) is 11.9 Å². The fourth-order valence-electron chi connectivity index (χ4n) is 4.59. The summed E-state index contributed by atoms with van der Waals surface area (Å²) in [6, 6.07) is 8.15. The van der Waals surface area contributed by atoms with Crippen molar-refractivity contribution in [3.63, 3.8) is 0 Å². The van der Waals surface area contributed by atoms with Gasteiger partial charge in [0, 0.05) is 36.4 Å². The highest BCUT2D eigenvalue weighted by Gasteiger charge is 2.34. The second kappa shape index (κ2) is 11.8. The van der Waals surface area contributed by atoms with Crippen molar-refractivity contribution in [2.75, 3.05) is 50.6 Å². The van der Waals surface area contributed by atoms with Crippen LogP contribution in [0, 0.1) is 11.8 Å². The van der Waals surface area contributed by atoms with Crippen molar-refractivity contribution in [2.45, 2.75) is 48.1 Å². The van der Waals surface area contributed by atoms with Gasteiger partial charge in [-0.25, -0.2) is 9.37 Å². The molecule has 2 aliphatic rings. The Labute approximate surface area is 240 Å². The van der Waals surface area contributed by atoms with Gasteiger partial charge < -0.3 is 24.8 Å². The number of fused-ring (bicyclic) bond motifs is 1. The molecule has 1 saturated heterocycles. The number of alkyl halides is 4. The minimum atomic E-state index is -4.55. The molecule has 0 bridgehead atoms. The van der Waals surface area contributed by atoms with Gasteiger partial charge in [-0.3, -0.25) is 4.40 Å². The van der Waals surface area contributed by atoms with Crippen molar-refractivity contribution in [2.24, 2.45) is 0 Å².